The second-order valence-electron chi connectivity index (χ2n) is 4.28. The molecule has 0 amide bonds. The van der Waals surface area contributed by atoms with E-state index in [1.54, 1.807) is 0 Å². The third-order valence-electron chi connectivity index (χ3n) is 1.60. The molecule has 1 atom stereocenters. The van der Waals surface area contributed by atoms with Crippen molar-refractivity contribution in [1.82, 2.24) is 0 Å². The summed E-state index contributed by atoms with van der Waals surface area (Å²) in [5.41, 5.74) is 0.467. The van der Waals surface area contributed by atoms with Gasteiger partial charge in [0.2, 0.25) is 0 Å². The first kappa shape index (κ1) is 12.9. The van der Waals surface area contributed by atoms with Crippen molar-refractivity contribution < 1.29 is 0 Å². The van der Waals surface area contributed by atoms with Crippen LogP contribution in [0.25, 0.3) is 0 Å². The Morgan fingerprint density at radius 2 is 1.62 bits per heavy atom. The van der Waals surface area contributed by atoms with Crippen molar-refractivity contribution in [1.29, 1.82) is 0 Å². The Bertz CT molecular complexity index is 226. The molecular formula is C11H18ClP. The van der Waals surface area contributed by atoms with Gasteiger partial charge in [-0.2, -0.15) is 0 Å². The maximum atomic E-state index is 2.29. The van der Waals surface area contributed by atoms with Crippen LogP contribution < -0.4 is 5.30 Å². The lowest BCUT2D eigenvalue weighted by atomic mass is 10.0. The first-order valence-corrected chi connectivity index (χ1v) is 5.57. The molecule has 0 saturated heterocycles. The minimum atomic E-state index is 0. The first-order chi connectivity index (χ1) is 5.58. The van der Waals surface area contributed by atoms with E-state index in [9.17, 15) is 0 Å². The topological polar surface area (TPSA) is 0 Å². The van der Waals surface area contributed by atoms with Gasteiger partial charge in [0.15, 0.2) is 0 Å². The van der Waals surface area contributed by atoms with Gasteiger partial charge in [0.1, 0.15) is 0 Å². The first-order valence-electron chi connectivity index (χ1n) is 4.37. The lowest BCUT2D eigenvalue weighted by Gasteiger charge is -2.17. The van der Waals surface area contributed by atoms with E-state index in [0.29, 0.717) is 5.41 Å². The molecule has 0 aliphatic carbocycles. The van der Waals surface area contributed by atoms with Crippen LogP contribution in [0.15, 0.2) is 30.3 Å². The van der Waals surface area contributed by atoms with Crippen molar-refractivity contribution in [2.45, 2.75) is 20.8 Å². The average molecular weight is 217 g/mol. The number of halogens is 1. The number of benzene rings is 1. The van der Waals surface area contributed by atoms with E-state index in [4.69, 9.17) is 0 Å². The number of hydrogen-bond acceptors (Lipinski definition) is 0. The van der Waals surface area contributed by atoms with Gasteiger partial charge in [0.05, 0.1) is 0 Å². The van der Waals surface area contributed by atoms with Gasteiger partial charge in [-0.3, -0.25) is 0 Å². The van der Waals surface area contributed by atoms with E-state index in [2.05, 4.69) is 51.1 Å². The molecule has 0 spiro atoms. The van der Waals surface area contributed by atoms with Gasteiger partial charge in [-0.25, -0.2) is 0 Å². The molecule has 0 aliphatic rings. The molecule has 0 saturated carbocycles. The highest BCUT2D eigenvalue weighted by Crippen LogP contribution is 2.24. The lowest BCUT2D eigenvalue weighted by molar-refractivity contribution is 0.479. The molecular weight excluding hydrogens is 199 g/mol. The Labute approximate surface area is 89.3 Å². The summed E-state index contributed by atoms with van der Waals surface area (Å²) in [6, 6.07) is 10.7. The van der Waals surface area contributed by atoms with E-state index in [0.717, 1.165) is 8.58 Å². The maximum Gasteiger partial charge on any atom is -0.0264 e. The van der Waals surface area contributed by atoms with Crippen molar-refractivity contribution in [2.24, 2.45) is 5.41 Å². The van der Waals surface area contributed by atoms with Gasteiger partial charge >= 0.3 is 0 Å². The predicted molar refractivity (Wildman–Crippen MR) is 66.0 cm³/mol. The third kappa shape index (κ3) is 6.07. The summed E-state index contributed by atoms with van der Waals surface area (Å²) in [5, 5.41) is 1.48. The van der Waals surface area contributed by atoms with Crippen LogP contribution in [0.3, 0.4) is 0 Å². The standard InChI is InChI=1S/C11H17P.ClH/c1-11(2,3)9-12-10-7-5-4-6-8-10;/h4-8,12H,9H2,1-3H3;1H. The van der Waals surface area contributed by atoms with Gasteiger partial charge in [-0.1, -0.05) is 59.7 Å². The summed E-state index contributed by atoms with van der Waals surface area (Å²) >= 11 is 0. The zero-order valence-electron chi connectivity index (χ0n) is 8.50. The van der Waals surface area contributed by atoms with Crippen molar-refractivity contribution in [3.05, 3.63) is 30.3 Å². The third-order valence-corrected chi connectivity index (χ3v) is 3.58. The molecule has 0 aliphatic heterocycles. The Hall–Kier alpha value is -0.0600. The summed E-state index contributed by atoms with van der Waals surface area (Å²) in [6.45, 7) is 6.88. The van der Waals surface area contributed by atoms with Crippen molar-refractivity contribution in [3.63, 3.8) is 0 Å². The summed E-state index contributed by atoms with van der Waals surface area (Å²) in [7, 11) is 0.956. The molecule has 0 aromatic heterocycles. The molecule has 1 aromatic carbocycles. The molecule has 0 N–H and O–H groups in total. The fraction of sp³-hybridized carbons (Fsp3) is 0.455. The quantitative estimate of drug-likeness (QED) is 0.665. The van der Waals surface area contributed by atoms with Crippen LogP contribution in [0.4, 0.5) is 0 Å². The Kier molecular flexibility index (Phi) is 5.60. The fourth-order valence-corrected chi connectivity index (χ4v) is 2.09. The Morgan fingerprint density at radius 3 is 2.08 bits per heavy atom. The monoisotopic (exact) mass is 216 g/mol. The van der Waals surface area contributed by atoms with Crippen LogP contribution in [0.2, 0.25) is 0 Å². The zero-order chi connectivity index (χ0) is 9.03. The molecule has 13 heavy (non-hydrogen) atoms. The minimum Gasteiger partial charge on any atom is -0.147 e. The predicted octanol–water partition coefficient (Wildman–Crippen LogP) is 3.46. The molecule has 0 heterocycles. The highest BCUT2D eigenvalue weighted by Gasteiger charge is 2.09. The summed E-state index contributed by atoms with van der Waals surface area (Å²) in [5.74, 6) is 0. The summed E-state index contributed by atoms with van der Waals surface area (Å²) in [4.78, 5) is 0. The van der Waals surface area contributed by atoms with Crippen LogP contribution >= 0.6 is 21.0 Å². The normalized spacial score (nSPS) is 11.6. The minimum absolute atomic E-state index is 0. The van der Waals surface area contributed by atoms with E-state index in [-0.39, 0.29) is 12.4 Å². The van der Waals surface area contributed by atoms with Crippen molar-refractivity contribution in [2.75, 3.05) is 6.16 Å². The molecule has 0 radical (unpaired) electrons. The molecule has 1 unspecified atom stereocenters. The largest absolute Gasteiger partial charge is 0.147 e. The lowest BCUT2D eigenvalue weighted by Crippen LogP contribution is -2.09. The molecule has 1 rings (SSSR count). The average Bonchev–Trinajstić information content (AvgIpc) is 2.02. The van der Waals surface area contributed by atoms with E-state index >= 15 is 0 Å². The van der Waals surface area contributed by atoms with Gasteiger partial charge < -0.3 is 0 Å². The molecule has 0 bridgehead atoms. The van der Waals surface area contributed by atoms with Gasteiger partial charge in [-0.05, 0) is 16.9 Å². The molecule has 1 aromatic rings. The van der Waals surface area contributed by atoms with Crippen LogP contribution in [0.1, 0.15) is 20.8 Å². The van der Waals surface area contributed by atoms with Crippen LogP contribution in [-0.2, 0) is 0 Å². The van der Waals surface area contributed by atoms with E-state index in [1.165, 1.54) is 11.5 Å². The Morgan fingerprint density at radius 1 is 1.08 bits per heavy atom. The zero-order valence-corrected chi connectivity index (χ0v) is 10.3. The molecule has 2 heteroatoms. The van der Waals surface area contributed by atoms with Crippen LogP contribution in [0, 0.1) is 5.41 Å². The van der Waals surface area contributed by atoms with E-state index in [1.807, 2.05) is 0 Å². The highest BCUT2D eigenvalue weighted by atomic mass is 35.5. The van der Waals surface area contributed by atoms with Crippen LogP contribution in [0.5, 0.6) is 0 Å². The van der Waals surface area contributed by atoms with Crippen LogP contribution in [-0.4, -0.2) is 6.16 Å². The smallest absolute Gasteiger partial charge is 0.0264 e. The molecule has 74 valence electrons. The fourth-order valence-electron chi connectivity index (χ4n) is 0.923. The van der Waals surface area contributed by atoms with Gasteiger partial charge in [0.25, 0.3) is 0 Å². The summed E-state index contributed by atoms with van der Waals surface area (Å²) in [6.07, 6.45) is 1.29. The Balaban J connectivity index is 0.00000144. The molecule has 0 fully saturated rings. The summed E-state index contributed by atoms with van der Waals surface area (Å²) < 4.78 is 0. The van der Waals surface area contributed by atoms with Gasteiger partial charge in [0, 0.05) is 0 Å². The second-order valence-corrected chi connectivity index (χ2v) is 5.56. The highest BCUT2D eigenvalue weighted by molar-refractivity contribution is 7.47. The number of hydrogen-bond donors (Lipinski definition) is 0. The van der Waals surface area contributed by atoms with Crippen molar-refractivity contribution >= 4 is 26.3 Å². The van der Waals surface area contributed by atoms with Gasteiger partial charge in [-0.15, -0.1) is 12.4 Å². The second kappa shape index (κ2) is 5.62. The van der Waals surface area contributed by atoms with E-state index < -0.39 is 0 Å². The maximum absolute atomic E-state index is 2.29. The molecule has 0 nitrogen and oxygen atoms in total. The number of rotatable bonds is 2. The SMILES string of the molecule is CC(C)(C)CPc1ccccc1.Cl. The van der Waals surface area contributed by atoms with Crippen molar-refractivity contribution in [3.8, 4) is 0 Å².